The molecule has 8 heteroatoms. The molecule has 1 atom stereocenters. The fourth-order valence-corrected chi connectivity index (χ4v) is 4.06. The second kappa shape index (κ2) is 8.88. The molecule has 0 fully saturated rings. The van der Waals surface area contributed by atoms with Crippen LogP contribution in [0.25, 0.3) is 22.2 Å². The van der Waals surface area contributed by atoms with Gasteiger partial charge in [-0.3, -0.25) is 4.79 Å². The minimum Gasteiger partial charge on any atom is -0.455 e. The Bertz CT molecular complexity index is 1360. The quantitative estimate of drug-likeness (QED) is 0.261. The van der Waals surface area contributed by atoms with Crippen molar-refractivity contribution < 1.29 is 8.81 Å². The Kier molecular flexibility index (Phi) is 6.20. The molecule has 0 unspecified atom stereocenters. The van der Waals surface area contributed by atoms with Crippen molar-refractivity contribution in [3.8, 4) is 11.3 Å². The van der Waals surface area contributed by atoms with E-state index in [4.69, 9.17) is 4.42 Å². The maximum absolute atomic E-state index is 13.4. The predicted octanol–water partition coefficient (Wildman–Crippen LogP) is 6.72. The first kappa shape index (κ1) is 21.6. The lowest BCUT2D eigenvalue weighted by atomic mass is 10.1. The van der Waals surface area contributed by atoms with Gasteiger partial charge >= 0.3 is 0 Å². The number of furan rings is 1. The zero-order valence-electron chi connectivity index (χ0n) is 16.8. The number of aromatic nitrogens is 2. The van der Waals surface area contributed by atoms with E-state index < -0.39 is 0 Å². The highest BCUT2D eigenvalue weighted by molar-refractivity contribution is 9.10. The van der Waals surface area contributed by atoms with E-state index >= 15 is 0 Å². The molecule has 2 aromatic carbocycles. The molecule has 31 heavy (non-hydrogen) atoms. The van der Waals surface area contributed by atoms with Gasteiger partial charge in [0.15, 0.2) is 0 Å². The maximum Gasteiger partial charge on any atom is 0.282 e. The summed E-state index contributed by atoms with van der Waals surface area (Å²) in [6.45, 7) is 4.05. The molecule has 2 aromatic heterocycles. The van der Waals surface area contributed by atoms with Crippen LogP contribution in [-0.4, -0.2) is 15.9 Å². The van der Waals surface area contributed by atoms with E-state index in [-0.39, 0.29) is 17.3 Å². The average Bonchev–Trinajstić information content (AvgIpc) is 3.21. The lowest BCUT2D eigenvalue weighted by molar-refractivity contribution is 0.570. The molecule has 0 N–H and O–H groups in total. The van der Waals surface area contributed by atoms with Crippen LogP contribution in [0, 0.1) is 5.82 Å². The summed E-state index contributed by atoms with van der Waals surface area (Å²) in [5, 5.41) is 4.88. The molecule has 0 aliphatic rings. The van der Waals surface area contributed by atoms with Crippen molar-refractivity contribution in [1.82, 2.24) is 9.66 Å². The molecule has 4 aromatic rings. The van der Waals surface area contributed by atoms with Gasteiger partial charge in [0.2, 0.25) is 0 Å². The van der Waals surface area contributed by atoms with Crippen molar-refractivity contribution in [1.29, 1.82) is 0 Å². The number of hydrogen-bond donors (Lipinski definition) is 0. The molecule has 158 valence electrons. The second-order valence-corrected chi connectivity index (χ2v) is 8.90. The number of hydrogen-bond acceptors (Lipinski definition) is 4. The van der Waals surface area contributed by atoms with E-state index in [9.17, 15) is 9.18 Å². The maximum atomic E-state index is 13.4. The Morgan fingerprint density at radius 2 is 2.00 bits per heavy atom. The Labute approximate surface area is 194 Å². The number of benzene rings is 2. The molecule has 0 bridgehead atoms. The van der Waals surface area contributed by atoms with Crippen molar-refractivity contribution >= 4 is 49.0 Å². The van der Waals surface area contributed by atoms with E-state index in [1.165, 1.54) is 23.0 Å². The summed E-state index contributed by atoms with van der Waals surface area (Å²) in [6.07, 6.45) is 2.30. The van der Waals surface area contributed by atoms with Crippen LogP contribution in [0.4, 0.5) is 4.39 Å². The summed E-state index contributed by atoms with van der Waals surface area (Å²) in [4.78, 5) is 17.9. The van der Waals surface area contributed by atoms with Gasteiger partial charge in [-0.1, -0.05) is 29.8 Å². The smallest absolute Gasteiger partial charge is 0.282 e. The van der Waals surface area contributed by atoms with Crippen molar-refractivity contribution in [3.05, 3.63) is 85.2 Å². The summed E-state index contributed by atoms with van der Waals surface area (Å²) in [7, 11) is 0. The molecule has 0 radical (unpaired) electrons. The van der Waals surface area contributed by atoms with Gasteiger partial charge in [0.1, 0.15) is 23.2 Å². The molecule has 0 aliphatic heterocycles. The van der Waals surface area contributed by atoms with Gasteiger partial charge in [-0.05, 0) is 70.9 Å². The van der Waals surface area contributed by atoms with E-state index in [1.54, 1.807) is 24.3 Å². The number of halogens is 3. The van der Waals surface area contributed by atoms with E-state index in [0.717, 1.165) is 16.5 Å². The predicted molar refractivity (Wildman–Crippen MR) is 127 cm³/mol. The van der Waals surface area contributed by atoms with Crippen LogP contribution in [0.2, 0.25) is 0 Å². The lowest BCUT2D eigenvalue weighted by Gasteiger charge is -2.13. The van der Waals surface area contributed by atoms with Crippen molar-refractivity contribution in [3.63, 3.8) is 0 Å². The molecular weight excluding hydrogens is 529 g/mol. The first-order valence-electron chi connectivity index (χ1n) is 9.69. The van der Waals surface area contributed by atoms with Crippen LogP contribution in [0.5, 0.6) is 0 Å². The number of fused-ring (bicyclic) bond motifs is 1. The van der Waals surface area contributed by atoms with Crippen LogP contribution in [-0.2, 0) is 0 Å². The standard InChI is InChI=1S/C23H18Br2FN3O2/c1-3-13(2)22-28-20-8-4-14(24)10-18(20)23(30)29(22)27-12-16-6-9-21(31-16)17-7-5-15(26)11-19(17)25/h4-13H,3H2,1-2H3/t13-/m1/s1. The van der Waals surface area contributed by atoms with Crippen LogP contribution in [0.1, 0.15) is 37.8 Å². The number of nitrogens with zero attached hydrogens (tertiary/aromatic N) is 3. The lowest BCUT2D eigenvalue weighted by Crippen LogP contribution is -2.23. The SMILES string of the molecule is CC[C@@H](C)c1nc2ccc(Br)cc2c(=O)n1N=Cc1ccc(-c2ccc(F)cc2Br)o1. The Balaban J connectivity index is 1.76. The zero-order chi connectivity index (χ0) is 22.1. The van der Waals surface area contributed by atoms with E-state index in [0.29, 0.717) is 32.7 Å². The molecule has 0 spiro atoms. The van der Waals surface area contributed by atoms with Gasteiger partial charge in [0, 0.05) is 20.4 Å². The van der Waals surface area contributed by atoms with Gasteiger partial charge in [0.05, 0.1) is 17.1 Å². The third-order valence-corrected chi connectivity index (χ3v) is 6.16. The molecule has 4 rings (SSSR count). The van der Waals surface area contributed by atoms with Crippen LogP contribution >= 0.6 is 31.9 Å². The molecule has 0 saturated carbocycles. The monoisotopic (exact) mass is 545 g/mol. The summed E-state index contributed by atoms with van der Waals surface area (Å²) in [5.41, 5.74) is 1.11. The number of rotatable bonds is 5. The van der Waals surface area contributed by atoms with Crippen LogP contribution < -0.4 is 5.56 Å². The first-order valence-corrected chi connectivity index (χ1v) is 11.3. The summed E-state index contributed by atoms with van der Waals surface area (Å²) in [5.74, 6) is 1.31. The van der Waals surface area contributed by atoms with Gasteiger partial charge in [-0.2, -0.15) is 9.78 Å². The van der Waals surface area contributed by atoms with Gasteiger partial charge < -0.3 is 4.42 Å². The second-order valence-electron chi connectivity index (χ2n) is 7.13. The fourth-order valence-electron chi connectivity index (χ4n) is 3.15. The Morgan fingerprint density at radius 1 is 1.19 bits per heavy atom. The zero-order valence-corrected chi connectivity index (χ0v) is 19.9. The summed E-state index contributed by atoms with van der Waals surface area (Å²) < 4.78 is 21.9. The highest BCUT2D eigenvalue weighted by atomic mass is 79.9. The third kappa shape index (κ3) is 4.41. The highest BCUT2D eigenvalue weighted by Crippen LogP contribution is 2.30. The molecular formula is C23H18Br2FN3O2. The van der Waals surface area contributed by atoms with Crippen molar-refractivity contribution in [2.24, 2.45) is 5.10 Å². The molecule has 0 aliphatic carbocycles. The molecule has 0 amide bonds. The largest absolute Gasteiger partial charge is 0.455 e. The third-order valence-electron chi connectivity index (χ3n) is 5.01. The van der Waals surface area contributed by atoms with Crippen molar-refractivity contribution in [2.45, 2.75) is 26.2 Å². The summed E-state index contributed by atoms with van der Waals surface area (Å²) in [6, 6.07) is 13.3. The Morgan fingerprint density at radius 3 is 2.74 bits per heavy atom. The van der Waals surface area contributed by atoms with Crippen molar-refractivity contribution in [2.75, 3.05) is 0 Å². The molecule has 5 nitrogen and oxygen atoms in total. The fraction of sp³-hybridized carbons (Fsp3) is 0.174. The average molecular weight is 547 g/mol. The normalized spacial score (nSPS) is 12.7. The highest BCUT2D eigenvalue weighted by Gasteiger charge is 2.16. The van der Waals surface area contributed by atoms with E-state index in [2.05, 4.69) is 41.9 Å². The van der Waals surface area contributed by atoms with Gasteiger partial charge in [-0.25, -0.2) is 9.37 Å². The minimum atomic E-state index is -0.337. The topological polar surface area (TPSA) is 60.4 Å². The van der Waals surface area contributed by atoms with Crippen LogP contribution in [0.3, 0.4) is 0 Å². The van der Waals surface area contributed by atoms with E-state index in [1.807, 2.05) is 26.0 Å². The van der Waals surface area contributed by atoms with Crippen LogP contribution in [0.15, 0.2) is 71.8 Å². The van der Waals surface area contributed by atoms with Gasteiger partial charge in [-0.15, -0.1) is 0 Å². The Hall–Kier alpha value is -2.58. The molecule has 0 saturated heterocycles. The minimum absolute atomic E-state index is 0.0419. The molecule has 2 heterocycles. The summed E-state index contributed by atoms with van der Waals surface area (Å²) >= 11 is 6.76. The van der Waals surface area contributed by atoms with Gasteiger partial charge in [0.25, 0.3) is 5.56 Å². The first-order chi connectivity index (χ1) is 14.9.